The molecule has 1 aromatic rings. The van der Waals surface area contributed by atoms with Crippen LogP contribution < -0.4 is 11.2 Å². The van der Waals surface area contributed by atoms with Gasteiger partial charge in [-0.05, 0) is 18.2 Å². The first-order valence-corrected chi connectivity index (χ1v) is 4.94. The Morgan fingerprint density at radius 3 is 2.88 bits per heavy atom. The van der Waals surface area contributed by atoms with Crippen molar-refractivity contribution < 1.29 is 0 Å². The number of benzene rings is 1. The fraction of sp³-hybridized carbons (Fsp3) is 0. The second-order valence-electron chi connectivity index (χ2n) is 2.76. The number of hydrogen-bond donors (Lipinski definition) is 4. The number of rotatable bonds is 3. The zero-order valence-electron chi connectivity index (χ0n) is 8.03. The van der Waals surface area contributed by atoms with Crippen LogP contribution in [0.5, 0.6) is 0 Å². The van der Waals surface area contributed by atoms with Gasteiger partial charge in [0, 0.05) is 9.92 Å². The molecule has 1 rings (SSSR count). The second kappa shape index (κ2) is 5.39. The number of nitrogens with zero attached hydrogens (tertiary/aromatic N) is 2. The largest absolute Gasteiger partial charge is 0.382 e. The van der Waals surface area contributed by atoms with Crippen LogP contribution in [0.3, 0.4) is 0 Å². The zero-order chi connectivity index (χ0) is 12.1. The van der Waals surface area contributed by atoms with Gasteiger partial charge in [0.05, 0.1) is 5.69 Å². The second-order valence-corrected chi connectivity index (χ2v) is 3.68. The van der Waals surface area contributed by atoms with Gasteiger partial charge in [-0.2, -0.15) is 10.4 Å². The first-order chi connectivity index (χ1) is 7.54. The van der Waals surface area contributed by atoms with Crippen LogP contribution in [0.2, 0.25) is 5.02 Å². The minimum Gasteiger partial charge on any atom is -0.382 e. The first kappa shape index (κ1) is 12.4. The summed E-state index contributed by atoms with van der Waals surface area (Å²) in [7, 11) is 0. The number of amidine groups is 1. The summed E-state index contributed by atoms with van der Waals surface area (Å²) in [5.74, 6) is -0.405. The van der Waals surface area contributed by atoms with Gasteiger partial charge in [-0.3, -0.25) is 10.8 Å². The number of hydrazone groups is 1. The van der Waals surface area contributed by atoms with Gasteiger partial charge in [0.1, 0.15) is 6.07 Å². The van der Waals surface area contributed by atoms with Crippen molar-refractivity contribution in [2.24, 2.45) is 10.8 Å². The molecule has 0 spiro atoms. The van der Waals surface area contributed by atoms with E-state index in [4.69, 9.17) is 28.0 Å². The quantitative estimate of drug-likeness (QED) is 0.286. The number of thiol groups is 1. The molecule has 7 heteroatoms. The van der Waals surface area contributed by atoms with Gasteiger partial charge in [0.15, 0.2) is 5.84 Å². The Kier molecular flexibility index (Phi) is 4.17. The fourth-order valence-electron chi connectivity index (χ4n) is 0.859. The molecule has 4 N–H and O–H groups in total. The molecule has 0 atom stereocenters. The lowest BCUT2D eigenvalue weighted by atomic mass is 10.3. The molecule has 0 radical (unpaired) electrons. The summed E-state index contributed by atoms with van der Waals surface area (Å²) in [6, 6.07) is 6.64. The SMILES string of the molecule is N#C/C(=N\Nc1cc(Cl)ccc1S)C(=N)N. The molecule has 0 unspecified atom stereocenters. The lowest BCUT2D eigenvalue weighted by Crippen LogP contribution is -2.21. The smallest absolute Gasteiger partial charge is 0.201 e. The maximum Gasteiger partial charge on any atom is 0.201 e. The van der Waals surface area contributed by atoms with Gasteiger partial charge < -0.3 is 5.73 Å². The van der Waals surface area contributed by atoms with E-state index in [9.17, 15) is 0 Å². The fourth-order valence-corrected chi connectivity index (χ4v) is 1.22. The van der Waals surface area contributed by atoms with Crippen molar-refractivity contribution in [1.29, 1.82) is 10.7 Å². The van der Waals surface area contributed by atoms with E-state index in [0.717, 1.165) is 0 Å². The van der Waals surface area contributed by atoms with Crippen LogP contribution in [-0.4, -0.2) is 11.5 Å². The number of halogens is 1. The molecule has 5 nitrogen and oxygen atoms in total. The highest BCUT2D eigenvalue weighted by Crippen LogP contribution is 2.23. The highest BCUT2D eigenvalue weighted by Gasteiger charge is 2.02. The van der Waals surface area contributed by atoms with Crippen LogP contribution in [0.4, 0.5) is 5.69 Å². The summed E-state index contributed by atoms with van der Waals surface area (Å²) < 4.78 is 0. The van der Waals surface area contributed by atoms with Crippen molar-refractivity contribution in [3.63, 3.8) is 0 Å². The summed E-state index contributed by atoms with van der Waals surface area (Å²) in [6.07, 6.45) is 0. The third-order valence-electron chi connectivity index (χ3n) is 1.61. The molecule has 0 amide bonds. The molecule has 0 fully saturated rings. The van der Waals surface area contributed by atoms with E-state index in [1.54, 1.807) is 24.3 Å². The van der Waals surface area contributed by atoms with Crippen molar-refractivity contribution >= 4 is 41.5 Å². The van der Waals surface area contributed by atoms with Crippen LogP contribution >= 0.6 is 24.2 Å². The molecule has 0 heterocycles. The molecule has 16 heavy (non-hydrogen) atoms. The Morgan fingerprint density at radius 2 is 2.31 bits per heavy atom. The Labute approximate surface area is 103 Å². The van der Waals surface area contributed by atoms with Gasteiger partial charge in [-0.25, -0.2) is 0 Å². The van der Waals surface area contributed by atoms with Crippen molar-refractivity contribution in [1.82, 2.24) is 0 Å². The molecular formula is C9H8ClN5S. The number of nitriles is 1. The van der Waals surface area contributed by atoms with E-state index in [2.05, 4.69) is 23.2 Å². The summed E-state index contributed by atoms with van der Waals surface area (Å²) in [5.41, 5.74) is 8.03. The first-order valence-electron chi connectivity index (χ1n) is 4.11. The molecule has 0 aliphatic carbocycles. The zero-order valence-corrected chi connectivity index (χ0v) is 9.68. The molecular weight excluding hydrogens is 246 g/mol. The Bertz CT molecular complexity index is 491. The van der Waals surface area contributed by atoms with Gasteiger partial charge in [0.2, 0.25) is 5.71 Å². The topological polar surface area (TPSA) is 98.0 Å². The average Bonchev–Trinajstić information content (AvgIpc) is 2.23. The summed E-state index contributed by atoms with van der Waals surface area (Å²) in [4.78, 5) is 0.619. The number of nitrogens with two attached hydrogens (primary N) is 1. The van der Waals surface area contributed by atoms with Crippen LogP contribution in [0, 0.1) is 16.7 Å². The Hall–Kier alpha value is -1.71. The summed E-state index contributed by atoms with van der Waals surface area (Å²) in [5, 5.41) is 19.8. The maximum absolute atomic E-state index is 8.61. The van der Waals surface area contributed by atoms with Crippen LogP contribution in [0.1, 0.15) is 0 Å². The molecule has 1 aromatic carbocycles. The summed E-state index contributed by atoms with van der Waals surface area (Å²) in [6.45, 7) is 0. The molecule has 0 bridgehead atoms. The minimum absolute atomic E-state index is 0.201. The van der Waals surface area contributed by atoms with Crippen LogP contribution in [0.25, 0.3) is 0 Å². The van der Waals surface area contributed by atoms with E-state index in [1.807, 2.05) is 0 Å². The van der Waals surface area contributed by atoms with E-state index in [1.165, 1.54) is 0 Å². The van der Waals surface area contributed by atoms with Crippen LogP contribution in [0.15, 0.2) is 28.2 Å². The third-order valence-corrected chi connectivity index (χ3v) is 2.23. The van der Waals surface area contributed by atoms with Crippen molar-refractivity contribution in [2.75, 3.05) is 5.43 Å². The summed E-state index contributed by atoms with van der Waals surface area (Å²) >= 11 is 9.94. The van der Waals surface area contributed by atoms with Gasteiger partial charge in [-0.1, -0.05) is 11.6 Å². The number of nitrogens with one attached hydrogen (secondary N) is 2. The molecule has 0 saturated carbocycles. The third kappa shape index (κ3) is 3.15. The lowest BCUT2D eigenvalue weighted by molar-refractivity contribution is 1.29. The predicted octanol–water partition coefficient (Wildman–Crippen LogP) is 1.86. The van der Waals surface area contributed by atoms with E-state index >= 15 is 0 Å². The molecule has 0 aliphatic rings. The van der Waals surface area contributed by atoms with Crippen molar-refractivity contribution in [3.8, 4) is 6.07 Å². The molecule has 0 aromatic heterocycles. The Morgan fingerprint density at radius 1 is 1.62 bits per heavy atom. The molecule has 82 valence electrons. The Balaban J connectivity index is 2.94. The maximum atomic E-state index is 8.61. The van der Waals surface area contributed by atoms with E-state index < -0.39 is 5.84 Å². The van der Waals surface area contributed by atoms with Gasteiger partial charge in [-0.15, -0.1) is 12.6 Å². The number of hydrogen-bond acceptors (Lipinski definition) is 5. The molecule has 0 aliphatic heterocycles. The molecule has 0 saturated heterocycles. The van der Waals surface area contributed by atoms with Crippen molar-refractivity contribution in [2.45, 2.75) is 4.90 Å². The number of anilines is 1. The van der Waals surface area contributed by atoms with Crippen molar-refractivity contribution in [3.05, 3.63) is 23.2 Å². The highest BCUT2D eigenvalue weighted by molar-refractivity contribution is 7.80. The van der Waals surface area contributed by atoms with Gasteiger partial charge in [0.25, 0.3) is 0 Å². The minimum atomic E-state index is -0.405. The van der Waals surface area contributed by atoms with E-state index in [-0.39, 0.29) is 5.71 Å². The van der Waals surface area contributed by atoms with E-state index in [0.29, 0.717) is 15.6 Å². The van der Waals surface area contributed by atoms with Crippen LogP contribution in [-0.2, 0) is 0 Å². The highest BCUT2D eigenvalue weighted by atomic mass is 35.5. The average molecular weight is 254 g/mol. The standard InChI is InChI=1S/C9H8ClN5S/c10-5-1-2-8(16)6(3-5)14-15-7(4-11)9(12)13/h1-3,14,16H,(H3,12,13)/b15-7+. The lowest BCUT2D eigenvalue weighted by Gasteiger charge is -2.04. The predicted molar refractivity (Wildman–Crippen MR) is 67.3 cm³/mol. The monoisotopic (exact) mass is 253 g/mol. The van der Waals surface area contributed by atoms with Gasteiger partial charge >= 0.3 is 0 Å². The normalized spacial score (nSPS) is 10.7.